The largest absolute Gasteiger partial charge is 0.368 e. The summed E-state index contributed by atoms with van der Waals surface area (Å²) in [5.74, 6) is -0.712. The highest BCUT2D eigenvalue weighted by molar-refractivity contribution is 9.12. The molecule has 88 valence electrons. The van der Waals surface area contributed by atoms with E-state index < -0.39 is 5.91 Å². The molecular formula is C9H10Br2N2O2S. The molecule has 7 heteroatoms. The normalized spacial score (nSPS) is 10.2. The molecule has 1 rings (SSSR count). The van der Waals surface area contributed by atoms with E-state index in [1.807, 2.05) is 0 Å². The first kappa shape index (κ1) is 13.7. The maximum atomic E-state index is 12.0. The second kappa shape index (κ2) is 5.79. The third-order valence-corrected chi connectivity index (χ3v) is 4.24. The molecule has 4 nitrogen and oxygen atoms in total. The summed E-state index contributed by atoms with van der Waals surface area (Å²) >= 11 is 8.02. The quantitative estimate of drug-likeness (QED) is 0.884. The van der Waals surface area contributed by atoms with Crippen LogP contribution in [0.4, 0.5) is 0 Å². The number of nitrogens with zero attached hydrogens (tertiary/aromatic N) is 1. The van der Waals surface area contributed by atoms with Gasteiger partial charge in [-0.25, -0.2) is 0 Å². The Morgan fingerprint density at radius 1 is 1.50 bits per heavy atom. The molecule has 16 heavy (non-hydrogen) atoms. The maximum absolute atomic E-state index is 12.0. The van der Waals surface area contributed by atoms with Gasteiger partial charge in [0, 0.05) is 6.54 Å². The highest BCUT2D eigenvalue weighted by Crippen LogP contribution is 2.32. The van der Waals surface area contributed by atoms with Crippen LogP contribution in [-0.2, 0) is 4.79 Å². The topological polar surface area (TPSA) is 63.4 Å². The Balaban J connectivity index is 2.91. The third-order valence-electron chi connectivity index (χ3n) is 1.90. The molecular weight excluding hydrogens is 360 g/mol. The summed E-state index contributed by atoms with van der Waals surface area (Å²) < 4.78 is 1.60. The summed E-state index contributed by atoms with van der Waals surface area (Å²) in [5.41, 5.74) is 5.62. The minimum Gasteiger partial charge on any atom is -0.368 e. The summed E-state index contributed by atoms with van der Waals surface area (Å²) in [5, 5.41) is 0. The lowest BCUT2D eigenvalue weighted by atomic mass is 10.3. The molecule has 0 unspecified atom stereocenters. The molecule has 2 N–H and O–H groups in total. The van der Waals surface area contributed by atoms with Gasteiger partial charge in [-0.2, -0.15) is 0 Å². The second-order valence-electron chi connectivity index (χ2n) is 3.02. The molecule has 0 spiro atoms. The molecule has 1 aromatic rings. The Morgan fingerprint density at radius 3 is 2.50 bits per heavy atom. The van der Waals surface area contributed by atoms with Crippen molar-refractivity contribution in [1.29, 1.82) is 0 Å². The molecule has 0 aliphatic rings. The van der Waals surface area contributed by atoms with Crippen LogP contribution in [0.5, 0.6) is 0 Å². The van der Waals surface area contributed by atoms with Crippen molar-refractivity contribution in [3.8, 4) is 0 Å². The minimum atomic E-state index is -0.513. The van der Waals surface area contributed by atoms with Gasteiger partial charge in [0.15, 0.2) is 0 Å². The van der Waals surface area contributed by atoms with Gasteiger partial charge in [-0.1, -0.05) is 0 Å². The molecule has 0 fully saturated rings. The highest BCUT2D eigenvalue weighted by atomic mass is 79.9. The van der Waals surface area contributed by atoms with E-state index in [1.54, 1.807) is 13.0 Å². The van der Waals surface area contributed by atoms with Crippen molar-refractivity contribution in [3.63, 3.8) is 0 Å². The molecule has 0 atom stereocenters. The monoisotopic (exact) mass is 368 g/mol. The lowest BCUT2D eigenvalue weighted by Gasteiger charge is -2.18. The van der Waals surface area contributed by atoms with Crippen LogP contribution in [0.1, 0.15) is 17.3 Å². The first-order valence-corrected chi connectivity index (χ1v) is 6.88. The zero-order valence-corrected chi connectivity index (χ0v) is 12.5. The number of primary amides is 1. The van der Waals surface area contributed by atoms with Crippen molar-refractivity contribution in [1.82, 2.24) is 4.90 Å². The number of rotatable bonds is 4. The smallest absolute Gasteiger partial charge is 0.256 e. The van der Waals surface area contributed by atoms with Gasteiger partial charge in [0.05, 0.1) is 19.7 Å². The zero-order chi connectivity index (χ0) is 12.3. The van der Waals surface area contributed by atoms with Gasteiger partial charge >= 0.3 is 0 Å². The number of amides is 2. The van der Waals surface area contributed by atoms with Crippen LogP contribution in [0.3, 0.4) is 0 Å². The van der Waals surface area contributed by atoms with Crippen LogP contribution in [-0.4, -0.2) is 29.8 Å². The fraction of sp³-hybridized carbons (Fsp3) is 0.333. The molecule has 2 amide bonds. The maximum Gasteiger partial charge on any atom is 0.256 e. The van der Waals surface area contributed by atoms with Crippen molar-refractivity contribution in [2.45, 2.75) is 6.92 Å². The number of carbonyl (C=O) groups is 2. The van der Waals surface area contributed by atoms with Crippen molar-refractivity contribution in [2.75, 3.05) is 13.1 Å². The predicted molar refractivity (Wildman–Crippen MR) is 70.5 cm³/mol. The summed E-state index contributed by atoms with van der Waals surface area (Å²) in [4.78, 5) is 24.2. The second-order valence-corrected chi connectivity index (χ2v) is 6.77. The average molecular weight is 370 g/mol. The number of likely N-dealkylation sites (N-methyl/N-ethyl adjacent to an activating group) is 1. The van der Waals surface area contributed by atoms with E-state index >= 15 is 0 Å². The number of nitrogens with two attached hydrogens (primary N) is 1. The van der Waals surface area contributed by atoms with Crippen molar-refractivity contribution < 1.29 is 9.59 Å². The van der Waals surface area contributed by atoms with E-state index in [0.29, 0.717) is 12.1 Å². The zero-order valence-electron chi connectivity index (χ0n) is 8.50. The van der Waals surface area contributed by atoms with E-state index in [4.69, 9.17) is 5.73 Å². The lowest BCUT2D eigenvalue weighted by molar-refractivity contribution is -0.118. The Morgan fingerprint density at radius 2 is 2.12 bits per heavy atom. The Kier molecular flexibility index (Phi) is 4.94. The fourth-order valence-electron chi connectivity index (χ4n) is 1.17. The number of carbonyl (C=O) groups excluding carboxylic acids is 2. The van der Waals surface area contributed by atoms with Gasteiger partial charge in [0.25, 0.3) is 5.91 Å². The van der Waals surface area contributed by atoms with Crippen LogP contribution < -0.4 is 5.73 Å². The average Bonchev–Trinajstić information content (AvgIpc) is 2.53. The van der Waals surface area contributed by atoms with Gasteiger partial charge in [-0.05, 0) is 44.8 Å². The van der Waals surface area contributed by atoms with Gasteiger partial charge in [-0.3, -0.25) is 9.59 Å². The van der Waals surface area contributed by atoms with Crippen LogP contribution in [0, 0.1) is 0 Å². The molecule has 0 saturated heterocycles. The summed E-state index contributed by atoms with van der Waals surface area (Å²) in [6, 6.07) is 1.72. The first-order valence-electron chi connectivity index (χ1n) is 4.48. The van der Waals surface area contributed by atoms with Gasteiger partial charge < -0.3 is 10.6 Å². The minimum absolute atomic E-state index is 0.0603. The van der Waals surface area contributed by atoms with E-state index in [9.17, 15) is 9.59 Å². The Bertz CT molecular complexity index is 420. The van der Waals surface area contributed by atoms with E-state index in [0.717, 1.165) is 7.57 Å². The third kappa shape index (κ3) is 3.29. The van der Waals surface area contributed by atoms with Crippen LogP contribution in [0.15, 0.2) is 13.6 Å². The molecule has 0 saturated carbocycles. The highest BCUT2D eigenvalue weighted by Gasteiger charge is 2.20. The van der Waals surface area contributed by atoms with Gasteiger partial charge in [-0.15, -0.1) is 11.3 Å². The molecule has 0 aliphatic carbocycles. The fourth-order valence-corrected chi connectivity index (χ4v) is 3.95. The molecule has 0 aromatic carbocycles. The van der Waals surface area contributed by atoms with E-state index in [-0.39, 0.29) is 12.5 Å². The number of thiophene rings is 1. The number of hydrogen-bond acceptors (Lipinski definition) is 3. The van der Waals surface area contributed by atoms with E-state index in [2.05, 4.69) is 31.9 Å². The standard InChI is InChI=1S/C9H10Br2N2O2S/c1-2-13(4-7(12)14)9(15)5-3-6(10)16-8(5)11/h3H,2,4H2,1H3,(H2,12,14). The Labute approximate surface area is 114 Å². The summed E-state index contributed by atoms with van der Waals surface area (Å²) in [6.45, 7) is 2.19. The number of halogens is 2. The molecule has 0 aliphatic heterocycles. The van der Waals surface area contributed by atoms with Gasteiger partial charge in [0.1, 0.15) is 0 Å². The van der Waals surface area contributed by atoms with Crippen molar-refractivity contribution in [3.05, 3.63) is 19.2 Å². The molecule has 0 radical (unpaired) electrons. The molecule has 0 bridgehead atoms. The Hall–Kier alpha value is -0.400. The predicted octanol–water partition coefficient (Wildman–Crippen LogP) is 2.22. The van der Waals surface area contributed by atoms with Gasteiger partial charge in [0.2, 0.25) is 5.91 Å². The van der Waals surface area contributed by atoms with E-state index in [1.165, 1.54) is 16.2 Å². The van der Waals surface area contributed by atoms with Crippen LogP contribution in [0.2, 0.25) is 0 Å². The molecule has 1 heterocycles. The van der Waals surface area contributed by atoms with Crippen LogP contribution in [0.25, 0.3) is 0 Å². The van der Waals surface area contributed by atoms with Crippen molar-refractivity contribution in [2.24, 2.45) is 5.73 Å². The molecule has 1 aromatic heterocycles. The lowest BCUT2D eigenvalue weighted by Crippen LogP contribution is -2.38. The first-order chi connectivity index (χ1) is 7.45. The van der Waals surface area contributed by atoms with Crippen LogP contribution >= 0.6 is 43.2 Å². The van der Waals surface area contributed by atoms with Crippen molar-refractivity contribution >= 4 is 55.0 Å². The SMILES string of the molecule is CCN(CC(N)=O)C(=O)c1cc(Br)sc1Br. The summed E-state index contributed by atoms with van der Waals surface area (Å²) in [6.07, 6.45) is 0. The summed E-state index contributed by atoms with van der Waals surface area (Å²) in [7, 11) is 0. The number of hydrogen-bond donors (Lipinski definition) is 1.